The first-order chi connectivity index (χ1) is 12.0. The number of ketones is 1. The van der Waals surface area contributed by atoms with Crippen molar-refractivity contribution in [3.63, 3.8) is 0 Å². The number of methoxy groups -OCH3 is 3. The first-order valence-electron chi connectivity index (χ1n) is 7.45. The Morgan fingerprint density at radius 2 is 1.48 bits per heavy atom. The molecule has 0 bridgehead atoms. The van der Waals surface area contributed by atoms with Crippen molar-refractivity contribution in [3.05, 3.63) is 42.5 Å². The topological polar surface area (TPSA) is 69.2 Å². The predicted molar refractivity (Wildman–Crippen MR) is 100 cm³/mol. The minimum absolute atomic E-state index is 0.146. The maximum absolute atomic E-state index is 11.9. The van der Waals surface area contributed by atoms with E-state index in [9.17, 15) is 4.79 Å². The van der Waals surface area contributed by atoms with Gasteiger partial charge in [0.15, 0.2) is 10.8 Å². The molecule has 132 valence electrons. The normalized spacial score (nSPS) is 11.0. The number of hydrogen-bond acceptors (Lipinski definition) is 7. The van der Waals surface area contributed by atoms with E-state index in [1.165, 1.54) is 18.7 Å². The third-order valence-electron chi connectivity index (χ3n) is 3.22. The molecule has 7 heteroatoms. The number of thioether (sulfide) groups is 1. The average Bonchev–Trinajstić information content (AvgIpc) is 2.64. The predicted octanol–water partition coefficient (Wildman–Crippen LogP) is 3.82. The molecule has 0 aliphatic carbocycles. The highest BCUT2D eigenvalue weighted by atomic mass is 32.2. The maximum Gasteiger partial charge on any atom is 0.186 e. The van der Waals surface area contributed by atoms with E-state index in [4.69, 9.17) is 14.2 Å². The zero-order valence-corrected chi connectivity index (χ0v) is 15.3. The van der Waals surface area contributed by atoms with Gasteiger partial charge in [-0.05, 0) is 36.4 Å². The van der Waals surface area contributed by atoms with Gasteiger partial charge in [0, 0.05) is 17.9 Å². The molecule has 2 aromatic rings. The van der Waals surface area contributed by atoms with E-state index >= 15 is 0 Å². The van der Waals surface area contributed by atoms with E-state index in [2.05, 4.69) is 10.5 Å². The minimum Gasteiger partial charge on any atom is -0.497 e. The van der Waals surface area contributed by atoms with Gasteiger partial charge in [0.2, 0.25) is 0 Å². The number of anilines is 1. The lowest BCUT2D eigenvalue weighted by atomic mass is 10.3. The molecule has 0 amide bonds. The molecule has 0 fully saturated rings. The molecule has 1 N–H and O–H groups in total. The average molecular weight is 360 g/mol. The van der Waals surface area contributed by atoms with Crippen LogP contribution in [0.25, 0.3) is 0 Å². The van der Waals surface area contributed by atoms with E-state index in [0.717, 1.165) is 16.3 Å². The Morgan fingerprint density at radius 1 is 0.920 bits per heavy atom. The number of carbonyl (C=O) groups excluding carboxylic acids is 1. The zero-order valence-electron chi connectivity index (χ0n) is 14.5. The van der Waals surface area contributed by atoms with Gasteiger partial charge in [-0.25, -0.2) is 0 Å². The van der Waals surface area contributed by atoms with Crippen LogP contribution in [0.5, 0.6) is 17.2 Å². The second kappa shape index (κ2) is 8.98. The van der Waals surface area contributed by atoms with Crippen LogP contribution >= 0.6 is 11.8 Å². The molecule has 0 heterocycles. The number of benzene rings is 2. The quantitative estimate of drug-likeness (QED) is 0.350. The van der Waals surface area contributed by atoms with Crippen LogP contribution < -0.4 is 19.6 Å². The van der Waals surface area contributed by atoms with E-state index in [0.29, 0.717) is 16.5 Å². The first kappa shape index (κ1) is 18.7. The molecule has 0 unspecified atom stereocenters. The second-order valence-corrected chi connectivity index (χ2v) is 6.03. The van der Waals surface area contributed by atoms with Gasteiger partial charge >= 0.3 is 0 Å². The number of nitrogens with zero attached hydrogens (tertiary/aromatic N) is 1. The summed E-state index contributed by atoms with van der Waals surface area (Å²) in [4.78, 5) is 12.7. The molecule has 0 aliphatic rings. The Labute approximate surface area is 151 Å². The van der Waals surface area contributed by atoms with Crippen LogP contribution in [-0.2, 0) is 4.79 Å². The van der Waals surface area contributed by atoms with Crippen LogP contribution in [-0.4, -0.2) is 32.2 Å². The van der Waals surface area contributed by atoms with Crippen molar-refractivity contribution in [1.82, 2.24) is 0 Å². The van der Waals surface area contributed by atoms with Gasteiger partial charge in [-0.3, -0.25) is 10.2 Å². The number of ether oxygens (including phenoxy) is 3. The molecule has 0 atom stereocenters. The highest BCUT2D eigenvalue weighted by Crippen LogP contribution is 2.30. The molecule has 0 spiro atoms. The molecule has 2 aromatic carbocycles. The number of nitrogens with one attached hydrogen (secondary N) is 1. The van der Waals surface area contributed by atoms with Crippen molar-refractivity contribution >= 4 is 28.3 Å². The Balaban J connectivity index is 2.18. The van der Waals surface area contributed by atoms with Crippen LogP contribution in [0.4, 0.5) is 5.69 Å². The summed E-state index contributed by atoms with van der Waals surface area (Å²) >= 11 is 1.24. The van der Waals surface area contributed by atoms with E-state index in [1.54, 1.807) is 27.4 Å². The van der Waals surface area contributed by atoms with Crippen molar-refractivity contribution < 1.29 is 19.0 Å². The standard InChI is InChI=1S/C18H20N2O4S/c1-12(21)18(20-19-13-5-7-14(22-2)8-6-13)25-17-10-15(23-3)9-16(11-17)24-4/h5-11,19H,1-4H3/b20-18+. The number of hydrazone groups is 1. The van der Waals surface area contributed by atoms with Gasteiger partial charge in [-0.15, -0.1) is 0 Å². The largest absolute Gasteiger partial charge is 0.497 e. The molecule has 0 saturated carbocycles. The lowest BCUT2D eigenvalue weighted by molar-refractivity contribution is -0.110. The summed E-state index contributed by atoms with van der Waals surface area (Å²) in [6, 6.07) is 12.7. The summed E-state index contributed by atoms with van der Waals surface area (Å²) in [5.41, 5.74) is 3.64. The molecular formula is C18H20N2O4S. The Hall–Kier alpha value is -2.67. The molecule has 0 saturated heterocycles. The summed E-state index contributed by atoms with van der Waals surface area (Å²) in [7, 11) is 4.76. The molecule has 0 radical (unpaired) electrons. The van der Waals surface area contributed by atoms with E-state index < -0.39 is 0 Å². The van der Waals surface area contributed by atoms with Crippen molar-refractivity contribution in [3.8, 4) is 17.2 Å². The summed E-state index contributed by atoms with van der Waals surface area (Å²) in [6.45, 7) is 1.47. The Morgan fingerprint density at radius 3 is 1.96 bits per heavy atom. The highest BCUT2D eigenvalue weighted by molar-refractivity contribution is 8.15. The van der Waals surface area contributed by atoms with Gasteiger partial charge in [-0.2, -0.15) is 5.10 Å². The van der Waals surface area contributed by atoms with Crippen molar-refractivity contribution in [2.75, 3.05) is 26.8 Å². The Bertz CT molecular complexity index is 738. The summed E-state index contributed by atoms with van der Waals surface area (Å²) in [6.07, 6.45) is 0. The van der Waals surface area contributed by atoms with E-state index in [1.807, 2.05) is 36.4 Å². The van der Waals surface area contributed by atoms with Crippen LogP contribution in [0, 0.1) is 0 Å². The SMILES string of the molecule is COc1ccc(N/N=C(/Sc2cc(OC)cc(OC)c2)C(C)=O)cc1. The molecule has 25 heavy (non-hydrogen) atoms. The van der Waals surface area contributed by atoms with Gasteiger partial charge in [0.1, 0.15) is 17.2 Å². The minimum atomic E-state index is -0.146. The third-order valence-corrected chi connectivity index (χ3v) is 4.26. The van der Waals surface area contributed by atoms with Crippen molar-refractivity contribution in [1.29, 1.82) is 0 Å². The fourth-order valence-electron chi connectivity index (χ4n) is 1.91. The monoisotopic (exact) mass is 360 g/mol. The fraction of sp³-hybridized carbons (Fsp3) is 0.222. The summed E-state index contributed by atoms with van der Waals surface area (Å²) < 4.78 is 15.6. The first-order valence-corrected chi connectivity index (χ1v) is 8.27. The molecule has 0 aliphatic heterocycles. The van der Waals surface area contributed by atoms with Crippen molar-refractivity contribution in [2.45, 2.75) is 11.8 Å². The molecule has 6 nitrogen and oxygen atoms in total. The number of rotatable bonds is 7. The Kier molecular flexibility index (Phi) is 6.71. The van der Waals surface area contributed by atoms with E-state index in [-0.39, 0.29) is 5.78 Å². The number of Topliss-reactive ketones (excluding diaryl/α,β-unsaturated/α-hetero) is 1. The smallest absolute Gasteiger partial charge is 0.186 e. The van der Waals surface area contributed by atoms with Crippen LogP contribution in [0.1, 0.15) is 6.92 Å². The molecule has 2 rings (SSSR count). The van der Waals surface area contributed by atoms with Crippen LogP contribution in [0.2, 0.25) is 0 Å². The van der Waals surface area contributed by atoms with Crippen LogP contribution in [0.3, 0.4) is 0 Å². The highest BCUT2D eigenvalue weighted by Gasteiger charge is 2.11. The maximum atomic E-state index is 11.9. The second-order valence-electron chi connectivity index (χ2n) is 4.96. The number of carbonyl (C=O) groups is 1. The lowest BCUT2D eigenvalue weighted by Gasteiger charge is -2.09. The van der Waals surface area contributed by atoms with Gasteiger partial charge in [-0.1, -0.05) is 11.8 Å². The van der Waals surface area contributed by atoms with Crippen molar-refractivity contribution in [2.24, 2.45) is 5.10 Å². The van der Waals surface area contributed by atoms with Gasteiger partial charge in [0.25, 0.3) is 0 Å². The molecule has 0 aromatic heterocycles. The number of hydrogen-bond donors (Lipinski definition) is 1. The van der Waals surface area contributed by atoms with Gasteiger partial charge in [0.05, 0.1) is 27.0 Å². The zero-order chi connectivity index (χ0) is 18.2. The van der Waals surface area contributed by atoms with Crippen LogP contribution in [0.15, 0.2) is 52.5 Å². The lowest BCUT2D eigenvalue weighted by Crippen LogP contribution is -2.08. The summed E-state index contributed by atoms with van der Waals surface area (Å²) in [5.74, 6) is 1.90. The molecular weight excluding hydrogens is 340 g/mol. The van der Waals surface area contributed by atoms with Gasteiger partial charge < -0.3 is 14.2 Å². The summed E-state index contributed by atoms with van der Waals surface area (Å²) in [5, 5.41) is 4.54. The third kappa shape index (κ3) is 5.42. The fourth-order valence-corrected chi connectivity index (χ4v) is 2.71.